The number of aromatic nitrogens is 3. The van der Waals surface area contributed by atoms with Crippen LogP contribution in [0.2, 0.25) is 5.02 Å². The Labute approximate surface area is 198 Å². The fourth-order valence-electron chi connectivity index (χ4n) is 3.60. The molecule has 0 aliphatic carbocycles. The zero-order valence-corrected chi connectivity index (χ0v) is 18.4. The van der Waals surface area contributed by atoms with Gasteiger partial charge in [0.1, 0.15) is 22.9 Å². The summed E-state index contributed by atoms with van der Waals surface area (Å²) in [4.78, 5) is 25.4. The minimum atomic E-state index is -0.518. The Morgan fingerprint density at radius 1 is 1.03 bits per heavy atom. The largest absolute Gasteiger partial charge is 0.436 e. The van der Waals surface area contributed by atoms with E-state index in [2.05, 4.69) is 20.3 Å². The lowest BCUT2D eigenvalue weighted by molar-refractivity contribution is 0.0988. The number of anilines is 3. The van der Waals surface area contributed by atoms with Gasteiger partial charge in [0.2, 0.25) is 5.88 Å². The zero-order chi connectivity index (χ0) is 23.7. The third-order valence-corrected chi connectivity index (χ3v) is 5.54. The van der Waals surface area contributed by atoms with Crippen LogP contribution < -0.4 is 11.1 Å². The van der Waals surface area contributed by atoms with Crippen molar-refractivity contribution in [2.24, 2.45) is 0 Å². The standard InChI is InChI=1S/C25H17ClFN5O2/c26-18-13-16(1-2-19(18)27)32-23-17-6-10-31-22(24(17)34-25(23)28)15-5-9-30-20(12-15)21(33)11-14-3-7-29-8-4-14/h1-10,12-13,32H,11,28H2. The molecule has 0 amide bonds. The average Bonchev–Trinajstić information content (AvgIpc) is 3.17. The van der Waals surface area contributed by atoms with Crippen molar-refractivity contribution in [3.63, 3.8) is 0 Å². The molecule has 5 rings (SSSR count). The van der Waals surface area contributed by atoms with Crippen LogP contribution in [-0.4, -0.2) is 20.7 Å². The lowest BCUT2D eigenvalue weighted by Crippen LogP contribution is -2.06. The second-order valence-corrected chi connectivity index (χ2v) is 7.92. The maximum atomic E-state index is 13.5. The van der Waals surface area contributed by atoms with Crippen molar-refractivity contribution >= 4 is 45.6 Å². The summed E-state index contributed by atoms with van der Waals surface area (Å²) in [6.07, 6.45) is 6.67. The van der Waals surface area contributed by atoms with E-state index in [0.717, 1.165) is 5.56 Å². The highest BCUT2D eigenvalue weighted by Crippen LogP contribution is 2.39. The average molecular weight is 474 g/mol. The van der Waals surface area contributed by atoms with Crippen LogP contribution in [0.3, 0.4) is 0 Å². The summed E-state index contributed by atoms with van der Waals surface area (Å²) in [5.74, 6) is -0.516. The van der Waals surface area contributed by atoms with Gasteiger partial charge >= 0.3 is 0 Å². The van der Waals surface area contributed by atoms with E-state index in [9.17, 15) is 9.18 Å². The monoisotopic (exact) mass is 473 g/mol. The number of benzene rings is 1. The van der Waals surface area contributed by atoms with Crippen molar-refractivity contribution in [3.8, 4) is 11.3 Å². The van der Waals surface area contributed by atoms with E-state index in [-0.39, 0.29) is 23.1 Å². The fraction of sp³-hybridized carbons (Fsp3) is 0.0400. The van der Waals surface area contributed by atoms with E-state index in [1.165, 1.54) is 12.1 Å². The summed E-state index contributed by atoms with van der Waals surface area (Å²) in [5, 5.41) is 3.79. The molecule has 0 bridgehead atoms. The number of carbonyl (C=O) groups is 1. The highest BCUT2D eigenvalue weighted by molar-refractivity contribution is 6.31. The molecular formula is C25H17ClFN5O2. The number of carbonyl (C=O) groups excluding carboxylic acids is 1. The van der Waals surface area contributed by atoms with Crippen LogP contribution in [0, 0.1) is 5.82 Å². The maximum absolute atomic E-state index is 13.5. The lowest BCUT2D eigenvalue weighted by atomic mass is 10.0. The van der Waals surface area contributed by atoms with Crippen molar-refractivity contribution in [2.75, 3.05) is 11.1 Å². The summed E-state index contributed by atoms with van der Waals surface area (Å²) < 4.78 is 19.4. The molecule has 0 spiro atoms. The van der Waals surface area contributed by atoms with E-state index < -0.39 is 5.82 Å². The van der Waals surface area contributed by atoms with Gasteiger partial charge in [-0.3, -0.25) is 19.7 Å². The molecule has 168 valence electrons. The smallest absolute Gasteiger partial charge is 0.215 e. The molecule has 0 atom stereocenters. The molecule has 0 saturated heterocycles. The van der Waals surface area contributed by atoms with Crippen LogP contribution in [-0.2, 0) is 6.42 Å². The summed E-state index contributed by atoms with van der Waals surface area (Å²) in [6, 6.07) is 13.0. The van der Waals surface area contributed by atoms with Crippen LogP contribution in [0.1, 0.15) is 16.1 Å². The summed E-state index contributed by atoms with van der Waals surface area (Å²) in [7, 11) is 0. The van der Waals surface area contributed by atoms with Crippen LogP contribution in [0.25, 0.3) is 22.2 Å². The number of nitrogens with zero attached hydrogens (tertiary/aromatic N) is 3. The van der Waals surface area contributed by atoms with E-state index in [1.807, 2.05) is 0 Å². The molecule has 4 aromatic heterocycles. The summed E-state index contributed by atoms with van der Waals surface area (Å²) in [5.41, 5.74) is 9.96. The first kappa shape index (κ1) is 21.5. The van der Waals surface area contributed by atoms with Crippen LogP contribution in [0.4, 0.5) is 21.6 Å². The molecular weight excluding hydrogens is 457 g/mol. The molecule has 34 heavy (non-hydrogen) atoms. The minimum absolute atomic E-state index is 0.0144. The van der Waals surface area contributed by atoms with Gasteiger partial charge in [-0.05, 0) is 54.1 Å². The molecule has 1 aromatic carbocycles. The van der Waals surface area contributed by atoms with E-state index in [4.69, 9.17) is 21.8 Å². The summed E-state index contributed by atoms with van der Waals surface area (Å²) >= 11 is 5.89. The number of hydrogen-bond acceptors (Lipinski definition) is 7. The first-order valence-corrected chi connectivity index (χ1v) is 10.6. The Balaban J connectivity index is 1.50. The molecule has 0 unspecified atom stereocenters. The van der Waals surface area contributed by atoms with Crippen molar-refractivity contribution < 1.29 is 13.6 Å². The van der Waals surface area contributed by atoms with Gasteiger partial charge in [0.25, 0.3) is 0 Å². The fourth-order valence-corrected chi connectivity index (χ4v) is 3.78. The number of ketones is 1. The minimum Gasteiger partial charge on any atom is -0.436 e. The number of furan rings is 1. The number of nitrogens with one attached hydrogen (secondary N) is 1. The number of nitrogen functional groups attached to an aromatic ring is 1. The van der Waals surface area contributed by atoms with Gasteiger partial charge in [0.15, 0.2) is 11.4 Å². The van der Waals surface area contributed by atoms with Gasteiger partial charge in [-0.25, -0.2) is 4.39 Å². The number of fused-ring (bicyclic) bond motifs is 1. The van der Waals surface area contributed by atoms with Crippen molar-refractivity contribution in [1.29, 1.82) is 0 Å². The molecule has 5 aromatic rings. The second-order valence-electron chi connectivity index (χ2n) is 7.52. The summed E-state index contributed by atoms with van der Waals surface area (Å²) in [6.45, 7) is 0. The Kier molecular flexibility index (Phi) is 5.65. The number of hydrogen-bond donors (Lipinski definition) is 2. The lowest BCUT2D eigenvalue weighted by Gasteiger charge is -2.07. The third kappa shape index (κ3) is 4.18. The van der Waals surface area contributed by atoms with Gasteiger partial charge < -0.3 is 15.5 Å². The molecule has 7 nitrogen and oxygen atoms in total. The van der Waals surface area contributed by atoms with E-state index >= 15 is 0 Å². The van der Waals surface area contributed by atoms with E-state index in [1.54, 1.807) is 61.2 Å². The highest BCUT2D eigenvalue weighted by atomic mass is 35.5. The quantitative estimate of drug-likeness (QED) is 0.299. The molecule has 0 aliphatic rings. The van der Waals surface area contributed by atoms with Gasteiger partial charge in [0, 0.05) is 42.5 Å². The Bertz CT molecular complexity index is 1520. The molecule has 0 fully saturated rings. The Hall–Kier alpha value is -4.30. The van der Waals surface area contributed by atoms with E-state index in [0.29, 0.717) is 39.3 Å². The number of Topliss-reactive ketones (excluding diaryl/α,β-unsaturated/α-hetero) is 1. The number of halogens is 2. The van der Waals surface area contributed by atoms with Crippen LogP contribution in [0.15, 0.2) is 77.7 Å². The molecule has 0 saturated carbocycles. The maximum Gasteiger partial charge on any atom is 0.215 e. The van der Waals surface area contributed by atoms with Gasteiger partial charge in [-0.15, -0.1) is 0 Å². The first-order valence-electron chi connectivity index (χ1n) is 10.3. The molecule has 3 N–H and O–H groups in total. The van der Waals surface area contributed by atoms with Crippen molar-refractivity contribution in [2.45, 2.75) is 6.42 Å². The topological polar surface area (TPSA) is 107 Å². The number of pyridine rings is 3. The third-order valence-electron chi connectivity index (χ3n) is 5.25. The van der Waals surface area contributed by atoms with Gasteiger partial charge in [-0.2, -0.15) is 0 Å². The number of nitrogens with two attached hydrogens (primary N) is 1. The van der Waals surface area contributed by atoms with Crippen molar-refractivity contribution in [1.82, 2.24) is 15.0 Å². The second kappa shape index (κ2) is 8.92. The van der Waals surface area contributed by atoms with Crippen LogP contribution >= 0.6 is 11.6 Å². The van der Waals surface area contributed by atoms with Crippen LogP contribution in [0.5, 0.6) is 0 Å². The molecule has 9 heteroatoms. The number of rotatable bonds is 6. The predicted molar refractivity (Wildman–Crippen MR) is 129 cm³/mol. The SMILES string of the molecule is Nc1oc2c(-c3ccnc(C(=O)Cc4ccncc4)c3)nccc2c1Nc1ccc(F)c(Cl)c1. The van der Waals surface area contributed by atoms with Gasteiger partial charge in [-0.1, -0.05) is 11.6 Å². The zero-order valence-electron chi connectivity index (χ0n) is 17.6. The Morgan fingerprint density at radius 3 is 2.62 bits per heavy atom. The Morgan fingerprint density at radius 2 is 1.82 bits per heavy atom. The normalized spacial score (nSPS) is 11.0. The highest BCUT2D eigenvalue weighted by Gasteiger charge is 2.19. The van der Waals surface area contributed by atoms with Crippen molar-refractivity contribution in [3.05, 3.63) is 95.4 Å². The predicted octanol–water partition coefficient (Wildman–Crippen LogP) is 5.83. The first-order chi connectivity index (χ1) is 16.5. The molecule has 0 radical (unpaired) electrons. The molecule has 4 heterocycles. The molecule has 0 aliphatic heterocycles. The van der Waals surface area contributed by atoms with Gasteiger partial charge in [0.05, 0.1) is 10.4 Å².